The molecule has 19 heavy (non-hydrogen) atoms. The third-order valence-corrected chi connectivity index (χ3v) is 2.26. The molecule has 1 aromatic carbocycles. The van der Waals surface area contributed by atoms with E-state index in [4.69, 9.17) is 20.4 Å². The molecule has 0 spiro atoms. The molecule has 0 atom stereocenters. The van der Waals surface area contributed by atoms with Gasteiger partial charge in [0.25, 0.3) is 5.91 Å². The van der Waals surface area contributed by atoms with Crippen LogP contribution in [0.5, 0.6) is 5.75 Å². The molecular formula is C12H17N3O4. The number of nitrogens with one attached hydrogen (secondary N) is 1. The summed E-state index contributed by atoms with van der Waals surface area (Å²) in [5.74, 6) is 0.317. The first-order valence-electron chi connectivity index (χ1n) is 5.63. The first kappa shape index (κ1) is 14.8. The van der Waals surface area contributed by atoms with E-state index in [1.165, 1.54) is 0 Å². The molecule has 0 aliphatic carbocycles. The number of nitrogens with two attached hydrogens (primary N) is 1. The Bertz CT molecular complexity index is 431. The third kappa shape index (κ3) is 5.26. The Morgan fingerprint density at radius 3 is 2.68 bits per heavy atom. The van der Waals surface area contributed by atoms with E-state index in [0.29, 0.717) is 24.5 Å². The highest BCUT2D eigenvalue weighted by Crippen LogP contribution is 2.11. The topological polar surface area (TPSA) is 106 Å². The molecule has 7 heteroatoms. The van der Waals surface area contributed by atoms with Crippen LogP contribution in [0.1, 0.15) is 5.56 Å². The van der Waals surface area contributed by atoms with Gasteiger partial charge < -0.3 is 25.7 Å². The summed E-state index contributed by atoms with van der Waals surface area (Å²) in [7, 11) is 1.56. The molecule has 0 saturated carbocycles. The van der Waals surface area contributed by atoms with Gasteiger partial charge in [-0.3, -0.25) is 4.79 Å². The SMILES string of the molecule is COCCNC(=O)COc1ccc(/C(N)=N/O)cc1. The van der Waals surface area contributed by atoms with E-state index < -0.39 is 0 Å². The smallest absolute Gasteiger partial charge is 0.258 e. The Balaban J connectivity index is 2.39. The van der Waals surface area contributed by atoms with Crippen LogP contribution in [0.15, 0.2) is 29.4 Å². The zero-order valence-corrected chi connectivity index (χ0v) is 10.6. The minimum absolute atomic E-state index is 0.0175. The molecule has 0 heterocycles. The minimum Gasteiger partial charge on any atom is -0.484 e. The van der Waals surface area contributed by atoms with Crippen LogP contribution in [0.4, 0.5) is 0 Å². The summed E-state index contributed by atoms with van der Waals surface area (Å²) in [5, 5.41) is 14.0. The number of ether oxygens (including phenoxy) is 2. The predicted molar refractivity (Wildman–Crippen MR) is 69.3 cm³/mol. The molecule has 104 valence electrons. The molecule has 1 aromatic rings. The molecular weight excluding hydrogens is 250 g/mol. The van der Waals surface area contributed by atoms with Crippen molar-refractivity contribution in [2.45, 2.75) is 0 Å². The maximum Gasteiger partial charge on any atom is 0.258 e. The van der Waals surface area contributed by atoms with Crippen molar-refractivity contribution in [1.82, 2.24) is 5.32 Å². The number of oxime groups is 1. The molecule has 0 radical (unpaired) electrons. The van der Waals surface area contributed by atoms with Gasteiger partial charge in [-0.15, -0.1) is 0 Å². The van der Waals surface area contributed by atoms with Crippen molar-refractivity contribution in [3.05, 3.63) is 29.8 Å². The number of hydrogen-bond donors (Lipinski definition) is 3. The highest BCUT2D eigenvalue weighted by Gasteiger charge is 2.03. The fourth-order valence-electron chi connectivity index (χ4n) is 1.27. The van der Waals surface area contributed by atoms with Crippen LogP contribution in [0.3, 0.4) is 0 Å². The van der Waals surface area contributed by atoms with Crippen LogP contribution in [0.25, 0.3) is 0 Å². The van der Waals surface area contributed by atoms with Crippen LogP contribution < -0.4 is 15.8 Å². The maximum atomic E-state index is 11.3. The normalized spacial score (nSPS) is 11.1. The highest BCUT2D eigenvalue weighted by molar-refractivity contribution is 5.97. The van der Waals surface area contributed by atoms with Crippen LogP contribution in [0.2, 0.25) is 0 Å². The highest BCUT2D eigenvalue weighted by atomic mass is 16.5. The first-order chi connectivity index (χ1) is 9.17. The second kappa shape index (κ2) is 7.93. The molecule has 0 saturated heterocycles. The first-order valence-corrected chi connectivity index (χ1v) is 5.63. The van der Waals surface area contributed by atoms with E-state index >= 15 is 0 Å². The van der Waals surface area contributed by atoms with Crippen LogP contribution in [-0.2, 0) is 9.53 Å². The van der Waals surface area contributed by atoms with E-state index in [1.807, 2.05) is 0 Å². The van der Waals surface area contributed by atoms with Gasteiger partial charge in [0.15, 0.2) is 12.4 Å². The van der Waals surface area contributed by atoms with Crippen LogP contribution in [0, 0.1) is 0 Å². The molecule has 0 bridgehead atoms. The van der Waals surface area contributed by atoms with Crippen molar-refractivity contribution in [1.29, 1.82) is 0 Å². The lowest BCUT2D eigenvalue weighted by Gasteiger charge is -2.07. The summed E-state index contributed by atoms with van der Waals surface area (Å²) in [6, 6.07) is 6.53. The van der Waals surface area contributed by atoms with Gasteiger partial charge in [-0.05, 0) is 24.3 Å². The summed E-state index contributed by atoms with van der Waals surface area (Å²) >= 11 is 0. The number of benzene rings is 1. The average molecular weight is 267 g/mol. The van der Waals surface area contributed by atoms with Gasteiger partial charge in [-0.25, -0.2) is 0 Å². The summed E-state index contributed by atoms with van der Waals surface area (Å²) in [6.07, 6.45) is 0. The van der Waals surface area contributed by atoms with Gasteiger partial charge in [0, 0.05) is 19.2 Å². The standard InChI is InChI=1S/C12H17N3O4/c1-18-7-6-14-11(16)8-19-10-4-2-9(3-5-10)12(13)15-17/h2-5,17H,6-8H2,1H3,(H2,13,15)(H,14,16). The van der Waals surface area contributed by atoms with Gasteiger partial charge in [0.1, 0.15) is 5.75 Å². The van der Waals surface area contributed by atoms with Crippen molar-refractivity contribution >= 4 is 11.7 Å². The largest absolute Gasteiger partial charge is 0.484 e. The number of methoxy groups -OCH3 is 1. The van der Waals surface area contributed by atoms with E-state index in [-0.39, 0.29) is 18.3 Å². The van der Waals surface area contributed by atoms with Gasteiger partial charge >= 0.3 is 0 Å². The van der Waals surface area contributed by atoms with Crippen LogP contribution >= 0.6 is 0 Å². The summed E-state index contributed by atoms with van der Waals surface area (Å²) in [6.45, 7) is 0.827. The van der Waals surface area contributed by atoms with Crippen molar-refractivity contribution < 1.29 is 19.5 Å². The Morgan fingerprint density at radius 2 is 2.11 bits per heavy atom. The molecule has 4 N–H and O–H groups in total. The fraction of sp³-hybridized carbons (Fsp3) is 0.333. The quantitative estimate of drug-likeness (QED) is 0.211. The summed E-state index contributed by atoms with van der Waals surface area (Å²) < 4.78 is 10.1. The number of carbonyl (C=O) groups excluding carboxylic acids is 1. The number of amides is 1. The van der Waals surface area contributed by atoms with Gasteiger partial charge in [0.2, 0.25) is 0 Å². The number of carbonyl (C=O) groups is 1. The van der Waals surface area contributed by atoms with Crippen molar-refractivity contribution in [3.63, 3.8) is 0 Å². The molecule has 0 aliphatic heterocycles. The number of nitrogens with zero attached hydrogens (tertiary/aromatic N) is 1. The molecule has 1 rings (SSSR count). The zero-order chi connectivity index (χ0) is 14.1. The fourth-order valence-corrected chi connectivity index (χ4v) is 1.27. The maximum absolute atomic E-state index is 11.3. The molecule has 7 nitrogen and oxygen atoms in total. The lowest BCUT2D eigenvalue weighted by atomic mass is 10.2. The molecule has 0 unspecified atom stereocenters. The summed E-state index contributed by atoms with van der Waals surface area (Å²) in [4.78, 5) is 11.3. The Labute approximate surface area is 111 Å². The lowest BCUT2D eigenvalue weighted by Crippen LogP contribution is -2.31. The van der Waals surface area contributed by atoms with E-state index in [2.05, 4.69) is 10.5 Å². The number of hydrogen-bond acceptors (Lipinski definition) is 5. The molecule has 0 fully saturated rings. The predicted octanol–water partition coefficient (Wildman–Crippen LogP) is -0.0775. The Morgan fingerprint density at radius 1 is 1.42 bits per heavy atom. The Hall–Kier alpha value is -2.28. The van der Waals surface area contributed by atoms with E-state index in [9.17, 15) is 4.79 Å². The minimum atomic E-state index is -0.224. The molecule has 1 amide bonds. The number of amidine groups is 1. The van der Waals surface area contributed by atoms with Gasteiger partial charge in [-0.1, -0.05) is 5.16 Å². The second-order valence-corrected chi connectivity index (χ2v) is 3.64. The Kier molecular flexibility index (Phi) is 6.17. The third-order valence-electron chi connectivity index (χ3n) is 2.26. The summed E-state index contributed by atoms with van der Waals surface area (Å²) in [5.41, 5.74) is 5.99. The average Bonchev–Trinajstić information content (AvgIpc) is 2.45. The van der Waals surface area contributed by atoms with Gasteiger partial charge in [-0.2, -0.15) is 0 Å². The van der Waals surface area contributed by atoms with Crippen molar-refractivity contribution in [3.8, 4) is 5.75 Å². The zero-order valence-electron chi connectivity index (χ0n) is 10.6. The van der Waals surface area contributed by atoms with E-state index in [1.54, 1.807) is 31.4 Å². The van der Waals surface area contributed by atoms with Crippen molar-refractivity contribution in [2.24, 2.45) is 10.9 Å². The molecule has 0 aliphatic rings. The number of rotatable bonds is 7. The molecule has 0 aromatic heterocycles. The van der Waals surface area contributed by atoms with Crippen LogP contribution in [-0.4, -0.2) is 43.8 Å². The van der Waals surface area contributed by atoms with Gasteiger partial charge in [0.05, 0.1) is 6.61 Å². The van der Waals surface area contributed by atoms with E-state index in [0.717, 1.165) is 0 Å². The second-order valence-electron chi connectivity index (χ2n) is 3.64. The van der Waals surface area contributed by atoms with Crippen molar-refractivity contribution in [2.75, 3.05) is 26.9 Å². The monoisotopic (exact) mass is 267 g/mol. The lowest BCUT2D eigenvalue weighted by molar-refractivity contribution is -0.123.